The summed E-state index contributed by atoms with van der Waals surface area (Å²) < 4.78 is 154. The number of hydrogen-bond donors (Lipinski definition) is 4. The Labute approximate surface area is 316 Å². The van der Waals surface area contributed by atoms with Gasteiger partial charge in [0.25, 0.3) is 11.4 Å². The van der Waals surface area contributed by atoms with Gasteiger partial charge in [-0.1, -0.05) is 11.8 Å². The van der Waals surface area contributed by atoms with Gasteiger partial charge in [0.05, 0.1) is 64.3 Å². The Bertz CT molecular complexity index is 2960. The molecule has 6 aromatic rings. The number of hydrogen-bond acceptors (Lipinski definition) is 11. The standard InChI is InChI=1S/C16H16N4O3S.C8H11N2O3.C8H8N2OS/c1-9-7-17-14(10(2)15(9)20(21)22)8-24-16-18-12-5-4-11(23-3)6-13(12)19-16;1-5-4-9(11)7(3)6(2)8(5)10(12)13;1-11-5-2-3-6-7(4-5)10-8(12)9-6/h4-7H,8H2,1-3H3,(H,18,19);4,11H,1-3H3;2-4H,1H3,(H2,9,10,12)/q;+1;/i1D3,2D3,7D,8D2;1D3,2D3,3D3,4D;. The van der Waals surface area contributed by atoms with E-state index in [2.05, 4.69) is 24.9 Å². The van der Waals surface area contributed by atoms with Crippen LogP contribution in [0, 0.1) is 59.3 Å². The first-order valence-corrected chi connectivity index (χ1v) is 14.3. The van der Waals surface area contributed by atoms with E-state index >= 15 is 0 Å². The fraction of sp³-hybridized carbons (Fsp3) is 0.250. The summed E-state index contributed by atoms with van der Waals surface area (Å²) in [6.07, 6.45) is -2.50. The molecule has 0 atom stereocenters. The summed E-state index contributed by atoms with van der Waals surface area (Å²) in [6, 6.07) is 10.6. The van der Waals surface area contributed by atoms with E-state index in [4.69, 9.17) is 47.7 Å². The van der Waals surface area contributed by atoms with Crippen LogP contribution in [0.2, 0.25) is 0 Å². The third-order valence-corrected chi connectivity index (χ3v) is 7.02. The van der Waals surface area contributed by atoms with Gasteiger partial charge in [0.1, 0.15) is 12.9 Å². The first-order valence-electron chi connectivity index (χ1n) is 22.5. The smallest absolute Gasteiger partial charge is 0.287 e. The number of H-pyrrole nitrogens is 3. The van der Waals surface area contributed by atoms with Gasteiger partial charge in [-0.2, -0.15) is 0 Å². The maximum atomic E-state index is 11.7. The van der Waals surface area contributed by atoms with Gasteiger partial charge >= 0.3 is 0 Å². The van der Waals surface area contributed by atoms with Gasteiger partial charge in [-0.3, -0.25) is 30.4 Å². The molecule has 4 N–H and O–H groups in total. The molecule has 0 spiro atoms. The van der Waals surface area contributed by atoms with E-state index in [0.717, 1.165) is 16.8 Å². The predicted molar refractivity (Wildman–Crippen MR) is 187 cm³/mol. The largest absolute Gasteiger partial charge is 0.497 e. The summed E-state index contributed by atoms with van der Waals surface area (Å²) in [6.45, 7) is -16.6. The highest BCUT2D eigenvalue weighted by molar-refractivity contribution is 7.98. The van der Waals surface area contributed by atoms with E-state index in [1.807, 2.05) is 18.2 Å². The molecule has 0 fully saturated rings. The van der Waals surface area contributed by atoms with E-state index in [1.165, 1.54) is 7.11 Å². The molecule has 0 aliphatic rings. The lowest BCUT2D eigenvalue weighted by molar-refractivity contribution is -0.909. The van der Waals surface area contributed by atoms with Gasteiger partial charge in [0, 0.05) is 70.0 Å². The molecular weight excluding hydrogens is 673 g/mol. The average Bonchev–Trinajstić information content (AvgIpc) is 3.76. The van der Waals surface area contributed by atoms with Crippen LogP contribution in [-0.2, 0) is 5.70 Å². The highest BCUT2D eigenvalue weighted by atomic mass is 32.2. The number of aromatic nitrogens is 6. The summed E-state index contributed by atoms with van der Waals surface area (Å²) in [4.78, 5) is 37.0. The summed E-state index contributed by atoms with van der Waals surface area (Å²) in [5, 5.41) is 32.7. The highest BCUT2D eigenvalue weighted by Crippen LogP contribution is 2.30. The molecule has 0 saturated carbocycles. The lowest BCUT2D eigenvalue weighted by Crippen LogP contribution is -2.35. The lowest BCUT2D eigenvalue weighted by atomic mass is 10.1. The van der Waals surface area contributed by atoms with Crippen molar-refractivity contribution in [2.24, 2.45) is 0 Å². The minimum absolute atomic E-state index is 0.00405. The second-order valence-electron chi connectivity index (χ2n) is 9.18. The van der Waals surface area contributed by atoms with E-state index in [1.54, 1.807) is 25.3 Å². The number of nitro groups is 2. The van der Waals surface area contributed by atoms with Crippen molar-refractivity contribution in [3.8, 4) is 11.5 Å². The summed E-state index contributed by atoms with van der Waals surface area (Å²) in [7, 11) is 3.10. The molecule has 0 radical (unpaired) electrons. The second kappa shape index (κ2) is 15.6. The predicted octanol–water partition coefficient (Wildman–Crippen LogP) is 7.06. The van der Waals surface area contributed by atoms with Crippen molar-refractivity contribution in [2.45, 2.75) is 45.1 Å². The maximum Gasteiger partial charge on any atom is 0.287 e. The van der Waals surface area contributed by atoms with Gasteiger partial charge in [-0.05, 0) is 63.9 Å². The van der Waals surface area contributed by atoms with Crippen molar-refractivity contribution in [3.63, 3.8) is 0 Å². The van der Waals surface area contributed by atoms with Crippen LogP contribution in [0.25, 0.3) is 22.1 Å². The first kappa shape index (κ1) is 18.3. The number of benzene rings is 2. The Morgan fingerprint density at radius 3 is 2.22 bits per heavy atom. The Morgan fingerprint density at radius 2 is 1.59 bits per heavy atom. The van der Waals surface area contributed by atoms with Gasteiger partial charge in [-0.15, -0.1) is 0 Å². The third kappa shape index (κ3) is 8.49. The zero-order valence-electron chi connectivity index (χ0n) is 43.9. The Hall–Kier alpha value is -5.55. The van der Waals surface area contributed by atoms with Crippen molar-refractivity contribution in [1.29, 1.82) is 0 Å². The number of aromatic amines is 3. The highest BCUT2D eigenvalue weighted by Gasteiger charge is 2.24. The summed E-state index contributed by atoms with van der Waals surface area (Å²) in [5.41, 5.74) is -10.2. The minimum atomic E-state index is -3.41. The van der Waals surface area contributed by atoms with Crippen molar-refractivity contribution in [1.82, 2.24) is 24.9 Å². The second-order valence-corrected chi connectivity index (χ2v) is 10.4. The van der Waals surface area contributed by atoms with Crippen LogP contribution in [0.1, 0.15) is 59.7 Å². The van der Waals surface area contributed by atoms with Crippen LogP contribution in [0.3, 0.4) is 0 Å². The molecule has 0 saturated heterocycles. The quantitative estimate of drug-likeness (QED) is 0.0327. The van der Waals surface area contributed by atoms with Crippen LogP contribution in [0.15, 0.2) is 53.9 Å². The number of methoxy groups -OCH3 is 2. The van der Waals surface area contributed by atoms with Crippen LogP contribution in [-0.4, -0.2) is 54.2 Å². The normalized spacial score (nSPS) is 17.9. The minimum Gasteiger partial charge on any atom is -0.497 e. The molecular formula is C32H35N8O7S2+. The third-order valence-electron chi connectivity index (χ3n) is 6.13. The molecule has 0 bridgehead atoms. The van der Waals surface area contributed by atoms with E-state index in [9.17, 15) is 25.4 Å². The number of fused-ring (bicyclic) bond motifs is 2. The molecule has 49 heavy (non-hydrogen) atoms. The Morgan fingerprint density at radius 1 is 0.939 bits per heavy atom. The van der Waals surface area contributed by atoms with Gasteiger partial charge in [0.2, 0.25) is 11.9 Å². The zero-order valence-corrected chi connectivity index (χ0v) is 26.5. The summed E-state index contributed by atoms with van der Waals surface area (Å²) in [5.74, 6) is 1.33. The molecule has 0 aliphatic carbocycles. The van der Waals surface area contributed by atoms with Crippen LogP contribution in [0.5, 0.6) is 11.5 Å². The number of ether oxygens (including phenoxy) is 2. The van der Waals surface area contributed by atoms with Crippen LogP contribution in [0.4, 0.5) is 11.4 Å². The van der Waals surface area contributed by atoms with Crippen LogP contribution < -0.4 is 14.2 Å². The van der Waals surface area contributed by atoms with Crippen molar-refractivity contribution in [3.05, 3.63) is 107 Å². The van der Waals surface area contributed by atoms with Crippen LogP contribution >= 0.6 is 24.0 Å². The van der Waals surface area contributed by atoms with Gasteiger partial charge in [-0.25, -0.2) is 4.98 Å². The Kier molecular flexibility index (Phi) is 5.81. The number of thioether (sulfide) groups is 1. The number of nitrogens with zero attached hydrogens (tertiary/aromatic N) is 5. The molecule has 4 aromatic heterocycles. The molecule has 0 aliphatic heterocycles. The van der Waals surface area contributed by atoms with Crippen molar-refractivity contribution >= 4 is 57.4 Å². The number of rotatable bonds is 7. The lowest BCUT2D eigenvalue weighted by Gasteiger charge is -2.06. The molecule has 0 unspecified atom stereocenters. The zero-order chi connectivity index (χ0) is 52.0. The fourth-order valence-corrected chi connectivity index (χ4v) is 4.70. The van der Waals surface area contributed by atoms with E-state index in [-0.39, 0.29) is 5.16 Å². The topological polar surface area (TPSA) is 202 Å². The first-order chi connectivity index (χ1) is 30.9. The molecule has 17 heteroatoms. The SMILES string of the molecule is COc1ccc2[nH]c(=S)[nH]c2c1.[2H]c1c(C([2H])([2H])[2H])c([N+](=O)[O-])c(C([2H])([2H])[2H])c(C([2H])([2H])[2H])[n+]1O.[2H]c1nc(C([2H])([2H])Sc2nc3ccc(OC)cc3[nH]2)c(C([2H])([2H])[2H])c([N+](=O)[O-])c1C([2H])([2H])[2H]. The van der Waals surface area contributed by atoms with Crippen molar-refractivity contribution in [2.75, 3.05) is 14.2 Å². The van der Waals surface area contributed by atoms with Gasteiger partial charge < -0.3 is 24.4 Å². The van der Waals surface area contributed by atoms with E-state index < -0.39 is 112 Å². The molecule has 2 aromatic carbocycles. The fourth-order valence-electron chi connectivity index (χ4n) is 3.83. The number of pyridine rings is 2. The number of nitrogens with one attached hydrogen (secondary N) is 3. The average molecular weight is 727 g/mol. The Balaban J connectivity index is 0.000000248. The molecule has 6 rings (SSSR count). The van der Waals surface area contributed by atoms with E-state index in [0.29, 0.717) is 33.3 Å². The monoisotopic (exact) mass is 726 g/mol. The number of imidazole rings is 2. The summed E-state index contributed by atoms with van der Waals surface area (Å²) >= 11 is 5.32. The molecule has 15 nitrogen and oxygen atoms in total. The maximum absolute atomic E-state index is 11.7. The molecule has 4 heterocycles. The van der Waals surface area contributed by atoms with Gasteiger partial charge in [0.15, 0.2) is 9.93 Å². The van der Waals surface area contributed by atoms with Crippen molar-refractivity contribution < 1.29 is 55.3 Å². The molecule has 0 amide bonds. The molecule has 256 valence electrons.